The van der Waals surface area contributed by atoms with Crippen molar-refractivity contribution in [2.24, 2.45) is 5.73 Å². The number of aryl methyl sites for hydroxylation is 1. The van der Waals surface area contributed by atoms with E-state index in [1.165, 1.54) is 0 Å². The first-order valence-electron chi connectivity index (χ1n) is 4.93. The van der Waals surface area contributed by atoms with Gasteiger partial charge in [0.1, 0.15) is 0 Å². The van der Waals surface area contributed by atoms with Crippen LogP contribution in [-0.4, -0.2) is 10.1 Å². The van der Waals surface area contributed by atoms with Crippen molar-refractivity contribution in [2.75, 3.05) is 0 Å². The first kappa shape index (κ1) is 11.3. The largest absolute Gasteiger partial charge is 0.334 e. The van der Waals surface area contributed by atoms with Crippen LogP contribution in [0.4, 0.5) is 0 Å². The maximum Gasteiger partial charge on any atom is 0.258 e. The van der Waals surface area contributed by atoms with Crippen molar-refractivity contribution in [1.82, 2.24) is 10.1 Å². The second kappa shape index (κ2) is 4.35. The van der Waals surface area contributed by atoms with Crippen LogP contribution in [0.15, 0.2) is 27.2 Å². The van der Waals surface area contributed by atoms with E-state index < -0.39 is 0 Å². The highest BCUT2D eigenvalue weighted by molar-refractivity contribution is 9.10. The number of benzene rings is 1. The van der Waals surface area contributed by atoms with Crippen molar-refractivity contribution >= 4 is 15.9 Å². The van der Waals surface area contributed by atoms with E-state index in [1.54, 1.807) is 0 Å². The van der Waals surface area contributed by atoms with Crippen molar-refractivity contribution in [3.63, 3.8) is 0 Å². The second-order valence-electron chi connectivity index (χ2n) is 3.71. The third-order valence-electron chi connectivity index (χ3n) is 2.27. The van der Waals surface area contributed by atoms with Gasteiger partial charge in [0.15, 0.2) is 5.82 Å². The molecule has 1 aromatic carbocycles. The highest BCUT2D eigenvalue weighted by atomic mass is 79.9. The first-order valence-corrected chi connectivity index (χ1v) is 5.73. The molecule has 0 saturated heterocycles. The van der Waals surface area contributed by atoms with Gasteiger partial charge in [0.25, 0.3) is 5.89 Å². The topological polar surface area (TPSA) is 64.9 Å². The molecule has 0 aliphatic heterocycles. The van der Waals surface area contributed by atoms with Gasteiger partial charge in [-0.15, -0.1) is 0 Å². The molecule has 2 aromatic rings. The molecule has 0 saturated carbocycles. The Morgan fingerprint density at radius 3 is 2.75 bits per heavy atom. The number of hydrogen-bond acceptors (Lipinski definition) is 4. The summed E-state index contributed by atoms with van der Waals surface area (Å²) in [5, 5.41) is 3.82. The maximum atomic E-state index is 5.66. The Kier molecular flexibility index (Phi) is 3.07. The number of aromatic nitrogens is 2. The zero-order chi connectivity index (χ0) is 11.7. The second-order valence-corrected chi connectivity index (χ2v) is 4.56. The van der Waals surface area contributed by atoms with Gasteiger partial charge in [-0.25, -0.2) is 0 Å². The van der Waals surface area contributed by atoms with Crippen LogP contribution in [0.5, 0.6) is 0 Å². The van der Waals surface area contributed by atoms with Crippen molar-refractivity contribution in [3.05, 3.63) is 34.1 Å². The van der Waals surface area contributed by atoms with E-state index >= 15 is 0 Å². The fourth-order valence-electron chi connectivity index (χ4n) is 1.26. The summed E-state index contributed by atoms with van der Waals surface area (Å²) in [4.78, 5) is 4.23. The molecule has 2 N–H and O–H groups in total. The molecule has 4 nitrogen and oxygen atoms in total. The third-order valence-corrected chi connectivity index (χ3v) is 3.12. The maximum absolute atomic E-state index is 5.66. The van der Waals surface area contributed by atoms with E-state index in [2.05, 4.69) is 26.1 Å². The van der Waals surface area contributed by atoms with Crippen LogP contribution >= 0.6 is 15.9 Å². The minimum Gasteiger partial charge on any atom is -0.334 e. The van der Waals surface area contributed by atoms with E-state index in [1.807, 2.05) is 32.0 Å². The van der Waals surface area contributed by atoms with Crippen molar-refractivity contribution in [3.8, 4) is 11.5 Å². The van der Waals surface area contributed by atoms with Gasteiger partial charge in [0.05, 0.1) is 6.04 Å². The fraction of sp³-hybridized carbons (Fsp3) is 0.273. The van der Waals surface area contributed by atoms with Crippen LogP contribution in [0, 0.1) is 6.92 Å². The molecule has 16 heavy (non-hydrogen) atoms. The molecule has 1 unspecified atom stereocenters. The van der Waals surface area contributed by atoms with Crippen molar-refractivity contribution in [2.45, 2.75) is 19.9 Å². The van der Waals surface area contributed by atoms with E-state index in [9.17, 15) is 0 Å². The average Bonchev–Trinajstić information content (AvgIpc) is 2.71. The van der Waals surface area contributed by atoms with E-state index in [0.717, 1.165) is 15.6 Å². The summed E-state index contributed by atoms with van der Waals surface area (Å²) in [6.07, 6.45) is 0. The van der Waals surface area contributed by atoms with Gasteiger partial charge in [0, 0.05) is 10.0 Å². The monoisotopic (exact) mass is 281 g/mol. The Morgan fingerprint density at radius 1 is 1.44 bits per heavy atom. The molecule has 5 heteroatoms. The first-order chi connectivity index (χ1) is 7.58. The molecular formula is C11H12BrN3O. The van der Waals surface area contributed by atoms with E-state index in [0.29, 0.717) is 11.7 Å². The number of halogens is 1. The molecule has 0 fully saturated rings. The molecular weight excluding hydrogens is 270 g/mol. The van der Waals surface area contributed by atoms with Crippen LogP contribution < -0.4 is 5.73 Å². The lowest BCUT2D eigenvalue weighted by Gasteiger charge is -1.99. The number of rotatable bonds is 2. The summed E-state index contributed by atoms with van der Waals surface area (Å²) in [7, 11) is 0. The van der Waals surface area contributed by atoms with E-state index in [-0.39, 0.29) is 6.04 Å². The summed E-state index contributed by atoms with van der Waals surface area (Å²) in [5.74, 6) is 1.01. The number of nitrogens with zero attached hydrogens (tertiary/aromatic N) is 2. The predicted molar refractivity (Wildman–Crippen MR) is 64.8 cm³/mol. The quantitative estimate of drug-likeness (QED) is 0.919. The average molecular weight is 282 g/mol. The standard InChI is InChI=1S/C11H12BrN3O/c1-6-3-4-8(5-9(6)12)11-14-10(7(2)13)15-16-11/h3-5,7H,13H2,1-2H3. The third kappa shape index (κ3) is 2.15. The van der Waals surface area contributed by atoms with Crippen molar-refractivity contribution in [1.29, 1.82) is 0 Å². The highest BCUT2D eigenvalue weighted by Crippen LogP contribution is 2.24. The Labute approximate surface area is 102 Å². The zero-order valence-corrected chi connectivity index (χ0v) is 10.7. The molecule has 0 bridgehead atoms. The van der Waals surface area contributed by atoms with Gasteiger partial charge in [-0.2, -0.15) is 4.98 Å². The van der Waals surface area contributed by atoms with Gasteiger partial charge in [-0.1, -0.05) is 27.2 Å². The summed E-state index contributed by atoms with van der Waals surface area (Å²) in [6, 6.07) is 5.67. The zero-order valence-electron chi connectivity index (χ0n) is 9.07. The lowest BCUT2D eigenvalue weighted by Crippen LogP contribution is -2.06. The Morgan fingerprint density at radius 2 is 2.19 bits per heavy atom. The Hall–Kier alpha value is -1.20. The van der Waals surface area contributed by atoms with Crippen LogP contribution in [0.1, 0.15) is 24.4 Å². The van der Waals surface area contributed by atoms with Crippen LogP contribution in [-0.2, 0) is 0 Å². The lowest BCUT2D eigenvalue weighted by molar-refractivity contribution is 0.418. The van der Waals surface area contributed by atoms with E-state index in [4.69, 9.17) is 10.3 Å². The van der Waals surface area contributed by atoms with Gasteiger partial charge in [-0.3, -0.25) is 0 Å². The molecule has 2 rings (SSSR count). The summed E-state index contributed by atoms with van der Waals surface area (Å²) < 4.78 is 6.16. The van der Waals surface area contributed by atoms with Gasteiger partial charge in [0.2, 0.25) is 0 Å². The van der Waals surface area contributed by atoms with Crippen molar-refractivity contribution < 1.29 is 4.52 Å². The highest BCUT2D eigenvalue weighted by Gasteiger charge is 2.12. The molecule has 0 aliphatic rings. The summed E-state index contributed by atoms with van der Waals surface area (Å²) >= 11 is 3.46. The SMILES string of the molecule is Cc1ccc(-c2nc(C(C)N)no2)cc1Br. The fourth-order valence-corrected chi connectivity index (χ4v) is 1.64. The van der Waals surface area contributed by atoms with Gasteiger partial charge in [-0.05, 0) is 31.5 Å². The molecule has 0 aliphatic carbocycles. The minimum absolute atomic E-state index is 0.216. The number of hydrogen-bond donors (Lipinski definition) is 1. The molecule has 0 radical (unpaired) electrons. The van der Waals surface area contributed by atoms with Crippen LogP contribution in [0.2, 0.25) is 0 Å². The smallest absolute Gasteiger partial charge is 0.258 e. The lowest BCUT2D eigenvalue weighted by atomic mass is 10.1. The van der Waals surface area contributed by atoms with Gasteiger partial charge >= 0.3 is 0 Å². The minimum atomic E-state index is -0.216. The Balaban J connectivity index is 2.39. The van der Waals surface area contributed by atoms with Crippen LogP contribution in [0.25, 0.3) is 11.5 Å². The predicted octanol–water partition coefficient (Wildman–Crippen LogP) is 2.83. The normalized spacial score (nSPS) is 12.8. The number of nitrogens with two attached hydrogens (primary N) is 1. The molecule has 0 amide bonds. The summed E-state index contributed by atoms with van der Waals surface area (Å²) in [6.45, 7) is 3.84. The van der Waals surface area contributed by atoms with Crippen LogP contribution in [0.3, 0.4) is 0 Å². The summed E-state index contributed by atoms with van der Waals surface area (Å²) in [5.41, 5.74) is 7.71. The molecule has 0 spiro atoms. The Bertz CT molecular complexity index is 508. The van der Waals surface area contributed by atoms with Gasteiger partial charge < -0.3 is 10.3 Å². The molecule has 84 valence electrons. The molecule has 1 heterocycles. The molecule has 1 aromatic heterocycles. The molecule has 1 atom stereocenters.